The van der Waals surface area contributed by atoms with Gasteiger partial charge in [-0.05, 0) is 43.4 Å². The Kier molecular flexibility index (Phi) is 3.92. The van der Waals surface area contributed by atoms with Crippen molar-refractivity contribution in [1.82, 2.24) is 4.98 Å². The minimum atomic E-state index is -0.417. The van der Waals surface area contributed by atoms with E-state index in [0.29, 0.717) is 0 Å². The van der Waals surface area contributed by atoms with Crippen LogP contribution in [0.5, 0.6) is 0 Å². The van der Waals surface area contributed by atoms with Crippen molar-refractivity contribution in [3.63, 3.8) is 0 Å². The minimum Gasteiger partial charge on any atom is -0.258 e. The van der Waals surface area contributed by atoms with Gasteiger partial charge in [-0.25, -0.2) is 4.98 Å². The standard InChI is InChI=1S/C14H14N4O2S/c19-18(20)11-7-5-10(6-8-11)9-15-17-14-16-12-3-1-2-4-13(12)21-14/h5-9H,1-4H2,(H,16,17)/b15-9-. The Hall–Kier alpha value is -2.28. The molecule has 108 valence electrons. The Morgan fingerprint density at radius 2 is 2.05 bits per heavy atom. The molecule has 0 atom stereocenters. The number of hydrogen-bond acceptors (Lipinski definition) is 6. The van der Waals surface area contributed by atoms with E-state index in [1.54, 1.807) is 29.7 Å². The summed E-state index contributed by atoms with van der Waals surface area (Å²) in [4.78, 5) is 16.0. The maximum absolute atomic E-state index is 10.6. The minimum absolute atomic E-state index is 0.0766. The Bertz CT molecular complexity index is 655. The van der Waals surface area contributed by atoms with E-state index in [2.05, 4.69) is 15.5 Å². The molecule has 6 nitrogen and oxygen atoms in total. The van der Waals surface area contributed by atoms with Gasteiger partial charge in [0.25, 0.3) is 5.69 Å². The molecule has 3 rings (SSSR count). The van der Waals surface area contributed by atoms with Crippen LogP contribution in [0.15, 0.2) is 29.4 Å². The monoisotopic (exact) mass is 302 g/mol. The molecule has 0 spiro atoms. The third-order valence-corrected chi connectivity index (χ3v) is 4.39. The Morgan fingerprint density at radius 1 is 1.29 bits per heavy atom. The fourth-order valence-corrected chi connectivity index (χ4v) is 3.24. The van der Waals surface area contributed by atoms with E-state index >= 15 is 0 Å². The van der Waals surface area contributed by atoms with Crippen molar-refractivity contribution in [3.8, 4) is 0 Å². The van der Waals surface area contributed by atoms with E-state index in [1.165, 1.54) is 35.5 Å². The number of fused-ring (bicyclic) bond motifs is 1. The molecule has 0 bridgehead atoms. The van der Waals surface area contributed by atoms with Gasteiger partial charge < -0.3 is 0 Å². The summed E-state index contributed by atoms with van der Waals surface area (Å²) in [7, 11) is 0. The lowest BCUT2D eigenvalue weighted by atomic mass is 10.0. The average Bonchev–Trinajstić information content (AvgIpc) is 2.90. The summed E-state index contributed by atoms with van der Waals surface area (Å²) in [5, 5.41) is 15.5. The van der Waals surface area contributed by atoms with E-state index < -0.39 is 4.92 Å². The molecule has 0 fully saturated rings. The van der Waals surface area contributed by atoms with E-state index in [9.17, 15) is 10.1 Å². The molecule has 7 heteroatoms. The van der Waals surface area contributed by atoms with Gasteiger partial charge >= 0.3 is 0 Å². The van der Waals surface area contributed by atoms with Crippen molar-refractivity contribution in [2.75, 3.05) is 5.43 Å². The van der Waals surface area contributed by atoms with Crippen LogP contribution < -0.4 is 5.43 Å². The number of nitrogens with one attached hydrogen (secondary N) is 1. The first-order valence-corrected chi connectivity index (χ1v) is 7.56. The zero-order valence-electron chi connectivity index (χ0n) is 11.3. The lowest BCUT2D eigenvalue weighted by molar-refractivity contribution is -0.384. The summed E-state index contributed by atoms with van der Waals surface area (Å²) in [5.41, 5.74) is 5.00. The lowest BCUT2D eigenvalue weighted by Gasteiger charge is -2.06. The summed E-state index contributed by atoms with van der Waals surface area (Å²) in [6.45, 7) is 0. The number of thiazole rings is 1. The maximum Gasteiger partial charge on any atom is 0.269 e. The molecule has 1 aliphatic carbocycles. The van der Waals surface area contributed by atoms with E-state index in [0.717, 1.165) is 23.5 Å². The second-order valence-electron chi connectivity index (χ2n) is 4.81. The molecule has 0 amide bonds. The van der Waals surface area contributed by atoms with Crippen LogP contribution in [-0.2, 0) is 12.8 Å². The largest absolute Gasteiger partial charge is 0.269 e. The van der Waals surface area contributed by atoms with Crippen molar-refractivity contribution < 1.29 is 4.92 Å². The smallest absolute Gasteiger partial charge is 0.258 e. The molecule has 0 saturated carbocycles. The van der Waals surface area contributed by atoms with Gasteiger partial charge in [0, 0.05) is 17.0 Å². The molecule has 0 unspecified atom stereocenters. The number of anilines is 1. The third-order valence-electron chi connectivity index (χ3n) is 3.32. The van der Waals surface area contributed by atoms with Crippen molar-refractivity contribution in [3.05, 3.63) is 50.5 Å². The summed E-state index contributed by atoms with van der Waals surface area (Å²) in [5.74, 6) is 0. The Labute approximate surface area is 125 Å². The predicted octanol–water partition coefficient (Wildman–Crippen LogP) is 3.38. The Balaban J connectivity index is 1.63. The number of nitro benzene ring substituents is 1. The summed E-state index contributed by atoms with van der Waals surface area (Å²) in [6.07, 6.45) is 6.24. The molecule has 1 aliphatic rings. The predicted molar refractivity (Wildman–Crippen MR) is 83.1 cm³/mol. The van der Waals surface area contributed by atoms with Gasteiger partial charge in [0.1, 0.15) is 0 Å². The fraction of sp³-hybridized carbons (Fsp3) is 0.286. The van der Waals surface area contributed by atoms with Gasteiger partial charge in [-0.1, -0.05) is 0 Å². The molecule has 2 aromatic rings. The Morgan fingerprint density at radius 3 is 2.76 bits per heavy atom. The average molecular weight is 302 g/mol. The second-order valence-corrected chi connectivity index (χ2v) is 5.90. The van der Waals surface area contributed by atoms with E-state index in [4.69, 9.17) is 0 Å². The van der Waals surface area contributed by atoms with Gasteiger partial charge in [0.15, 0.2) is 0 Å². The van der Waals surface area contributed by atoms with E-state index in [1.807, 2.05) is 0 Å². The van der Waals surface area contributed by atoms with Crippen LogP contribution in [0, 0.1) is 10.1 Å². The zero-order chi connectivity index (χ0) is 14.7. The van der Waals surface area contributed by atoms with Crippen LogP contribution in [0.4, 0.5) is 10.8 Å². The summed E-state index contributed by atoms with van der Waals surface area (Å²) < 4.78 is 0. The molecular formula is C14H14N4O2S. The lowest BCUT2D eigenvalue weighted by Crippen LogP contribution is -1.99. The molecule has 1 aromatic heterocycles. The van der Waals surface area contributed by atoms with Crippen LogP contribution in [-0.4, -0.2) is 16.1 Å². The highest BCUT2D eigenvalue weighted by molar-refractivity contribution is 7.15. The number of nitrogens with zero attached hydrogens (tertiary/aromatic N) is 3. The van der Waals surface area contributed by atoms with Crippen molar-refractivity contribution >= 4 is 28.4 Å². The molecule has 1 aromatic carbocycles. The van der Waals surface area contributed by atoms with Crippen LogP contribution in [0.3, 0.4) is 0 Å². The van der Waals surface area contributed by atoms with E-state index in [-0.39, 0.29) is 5.69 Å². The molecule has 0 saturated heterocycles. The highest BCUT2D eigenvalue weighted by Gasteiger charge is 2.14. The number of nitro groups is 1. The fourth-order valence-electron chi connectivity index (χ4n) is 2.24. The third kappa shape index (κ3) is 3.25. The highest BCUT2D eigenvalue weighted by Crippen LogP contribution is 2.29. The summed E-state index contributed by atoms with van der Waals surface area (Å²) >= 11 is 1.65. The first-order chi connectivity index (χ1) is 10.2. The number of rotatable bonds is 4. The van der Waals surface area contributed by atoms with Gasteiger partial charge in [-0.15, -0.1) is 11.3 Å². The van der Waals surface area contributed by atoms with Gasteiger partial charge in [-0.2, -0.15) is 5.10 Å². The number of hydrogen-bond donors (Lipinski definition) is 1. The zero-order valence-corrected chi connectivity index (χ0v) is 12.1. The van der Waals surface area contributed by atoms with Crippen LogP contribution in [0.25, 0.3) is 0 Å². The van der Waals surface area contributed by atoms with Crippen molar-refractivity contribution in [2.45, 2.75) is 25.7 Å². The number of aryl methyl sites for hydroxylation is 2. The van der Waals surface area contributed by atoms with Crippen LogP contribution in [0.2, 0.25) is 0 Å². The van der Waals surface area contributed by atoms with Crippen molar-refractivity contribution in [2.24, 2.45) is 5.10 Å². The second kappa shape index (κ2) is 6.01. The van der Waals surface area contributed by atoms with Crippen LogP contribution >= 0.6 is 11.3 Å². The first kappa shape index (κ1) is 13.7. The molecule has 1 N–H and O–H groups in total. The SMILES string of the molecule is O=[N+]([O-])c1ccc(/C=N\Nc2nc3c(s2)CCCC3)cc1. The highest BCUT2D eigenvalue weighted by atomic mass is 32.1. The number of hydrazone groups is 1. The topological polar surface area (TPSA) is 80.4 Å². The quantitative estimate of drug-likeness (QED) is 0.533. The molecule has 0 radical (unpaired) electrons. The first-order valence-electron chi connectivity index (χ1n) is 6.74. The number of aromatic nitrogens is 1. The normalized spacial score (nSPS) is 14.1. The van der Waals surface area contributed by atoms with Gasteiger partial charge in [-0.3, -0.25) is 15.5 Å². The molecule has 21 heavy (non-hydrogen) atoms. The summed E-state index contributed by atoms with van der Waals surface area (Å²) in [6, 6.07) is 6.25. The van der Waals surface area contributed by atoms with Gasteiger partial charge in [0.05, 0.1) is 16.8 Å². The molecular weight excluding hydrogens is 288 g/mol. The van der Waals surface area contributed by atoms with Crippen LogP contribution in [0.1, 0.15) is 29.0 Å². The molecule has 1 heterocycles. The number of non-ortho nitro benzene ring substituents is 1. The molecule has 0 aliphatic heterocycles. The number of benzene rings is 1. The van der Waals surface area contributed by atoms with Gasteiger partial charge in [0.2, 0.25) is 5.13 Å². The van der Waals surface area contributed by atoms with Crippen molar-refractivity contribution in [1.29, 1.82) is 0 Å². The maximum atomic E-state index is 10.6.